The highest BCUT2D eigenvalue weighted by molar-refractivity contribution is 5.13. The second-order valence-electron chi connectivity index (χ2n) is 3.28. The van der Waals surface area contributed by atoms with Crippen LogP contribution in [0.15, 0.2) is 18.7 Å². The summed E-state index contributed by atoms with van der Waals surface area (Å²) in [6.07, 6.45) is 8.02. The Kier molecular flexibility index (Phi) is 2.04. The molecule has 1 heterocycles. The molecule has 1 aromatic heterocycles. The number of aliphatic hydroxyl groups is 1. The summed E-state index contributed by atoms with van der Waals surface area (Å²) in [4.78, 5) is 7.88. The van der Waals surface area contributed by atoms with Crippen LogP contribution >= 0.6 is 0 Å². The minimum absolute atomic E-state index is 0.184. The molecule has 0 amide bonds. The van der Waals surface area contributed by atoms with Crippen molar-refractivity contribution in [3.05, 3.63) is 24.3 Å². The molecule has 0 spiro atoms. The van der Waals surface area contributed by atoms with Gasteiger partial charge in [-0.25, -0.2) is 9.97 Å². The predicted octanol–water partition coefficient (Wildman–Crippen LogP) is 1.10. The van der Waals surface area contributed by atoms with Crippen molar-refractivity contribution in [1.82, 2.24) is 9.97 Å². The Morgan fingerprint density at radius 1 is 1.25 bits per heavy atom. The molecule has 1 fully saturated rings. The predicted molar refractivity (Wildman–Crippen MR) is 44.6 cm³/mol. The van der Waals surface area contributed by atoms with Crippen molar-refractivity contribution in [2.24, 2.45) is 0 Å². The Morgan fingerprint density at radius 3 is 2.58 bits per heavy atom. The lowest BCUT2D eigenvalue weighted by atomic mass is 9.99. The van der Waals surface area contributed by atoms with Crippen molar-refractivity contribution >= 4 is 0 Å². The minimum atomic E-state index is -0.184. The average molecular weight is 164 g/mol. The van der Waals surface area contributed by atoms with E-state index in [9.17, 15) is 5.11 Å². The molecule has 1 aromatic rings. The molecule has 3 nitrogen and oxygen atoms in total. The molecule has 0 bridgehead atoms. The molecule has 0 radical (unpaired) electrons. The largest absolute Gasteiger partial charge is 0.392 e. The molecule has 2 unspecified atom stereocenters. The van der Waals surface area contributed by atoms with Crippen LogP contribution in [0.1, 0.15) is 30.7 Å². The van der Waals surface area contributed by atoms with E-state index >= 15 is 0 Å². The summed E-state index contributed by atoms with van der Waals surface area (Å²) >= 11 is 0. The first-order chi connectivity index (χ1) is 5.88. The van der Waals surface area contributed by atoms with Crippen molar-refractivity contribution < 1.29 is 5.11 Å². The quantitative estimate of drug-likeness (QED) is 0.676. The highest BCUT2D eigenvalue weighted by atomic mass is 16.3. The fourth-order valence-electron chi connectivity index (χ4n) is 1.83. The van der Waals surface area contributed by atoms with E-state index in [1.54, 1.807) is 12.4 Å². The fraction of sp³-hybridized carbons (Fsp3) is 0.556. The highest BCUT2D eigenvalue weighted by Gasteiger charge is 2.26. The van der Waals surface area contributed by atoms with Gasteiger partial charge in [-0.2, -0.15) is 0 Å². The lowest BCUT2D eigenvalue weighted by Gasteiger charge is -2.12. The normalized spacial score (nSPS) is 29.1. The summed E-state index contributed by atoms with van der Waals surface area (Å²) < 4.78 is 0. The Morgan fingerprint density at radius 2 is 2.00 bits per heavy atom. The number of aromatic nitrogens is 2. The minimum Gasteiger partial charge on any atom is -0.392 e. The monoisotopic (exact) mass is 164 g/mol. The molecule has 1 aliphatic carbocycles. The third-order valence-electron chi connectivity index (χ3n) is 2.49. The van der Waals surface area contributed by atoms with E-state index < -0.39 is 0 Å². The molecule has 64 valence electrons. The Hall–Kier alpha value is -0.960. The van der Waals surface area contributed by atoms with E-state index in [1.165, 1.54) is 6.33 Å². The third-order valence-corrected chi connectivity index (χ3v) is 2.49. The van der Waals surface area contributed by atoms with Crippen LogP contribution in [-0.4, -0.2) is 21.2 Å². The van der Waals surface area contributed by atoms with Crippen LogP contribution in [0.2, 0.25) is 0 Å². The maximum atomic E-state index is 9.59. The van der Waals surface area contributed by atoms with Crippen molar-refractivity contribution in [1.29, 1.82) is 0 Å². The van der Waals surface area contributed by atoms with Gasteiger partial charge in [-0.05, 0) is 18.4 Å². The van der Waals surface area contributed by atoms with E-state index in [0.29, 0.717) is 0 Å². The van der Waals surface area contributed by atoms with E-state index in [0.717, 1.165) is 24.8 Å². The molecule has 1 aliphatic rings. The first kappa shape index (κ1) is 7.68. The first-order valence-electron chi connectivity index (χ1n) is 4.31. The first-order valence-corrected chi connectivity index (χ1v) is 4.31. The second kappa shape index (κ2) is 3.19. The Balaban J connectivity index is 2.19. The maximum Gasteiger partial charge on any atom is 0.115 e. The summed E-state index contributed by atoms with van der Waals surface area (Å²) in [6.45, 7) is 0. The smallest absolute Gasteiger partial charge is 0.115 e. The SMILES string of the molecule is OC1CCCC1c1cncnc1. The summed E-state index contributed by atoms with van der Waals surface area (Å²) in [7, 11) is 0. The van der Waals surface area contributed by atoms with Gasteiger partial charge in [0.05, 0.1) is 6.10 Å². The van der Waals surface area contributed by atoms with Crippen molar-refractivity contribution in [2.75, 3.05) is 0 Å². The van der Waals surface area contributed by atoms with E-state index in [4.69, 9.17) is 0 Å². The number of hydrogen-bond donors (Lipinski definition) is 1. The molecule has 0 aromatic carbocycles. The molecule has 0 saturated heterocycles. The van der Waals surface area contributed by atoms with Gasteiger partial charge in [-0.3, -0.25) is 0 Å². The maximum absolute atomic E-state index is 9.59. The topological polar surface area (TPSA) is 46.0 Å². The van der Waals surface area contributed by atoms with Crippen LogP contribution < -0.4 is 0 Å². The average Bonchev–Trinajstić information content (AvgIpc) is 2.53. The number of aliphatic hydroxyl groups excluding tert-OH is 1. The van der Waals surface area contributed by atoms with Crippen LogP contribution in [-0.2, 0) is 0 Å². The number of hydrogen-bond acceptors (Lipinski definition) is 3. The highest BCUT2D eigenvalue weighted by Crippen LogP contribution is 2.33. The zero-order valence-corrected chi connectivity index (χ0v) is 6.85. The lowest BCUT2D eigenvalue weighted by Crippen LogP contribution is -2.11. The molecule has 2 rings (SSSR count). The Labute approximate surface area is 71.5 Å². The molecule has 2 atom stereocenters. The van der Waals surface area contributed by atoms with Crippen molar-refractivity contribution in [2.45, 2.75) is 31.3 Å². The van der Waals surface area contributed by atoms with Gasteiger partial charge in [-0.15, -0.1) is 0 Å². The molecule has 1 saturated carbocycles. The summed E-state index contributed by atoms with van der Waals surface area (Å²) in [5.41, 5.74) is 1.07. The number of nitrogens with zero attached hydrogens (tertiary/aromatic N) is 2. The molecular formula is C9H12N2O. The molecule has 1 N–H and O–H groups in total. The van der Waals surface area contributed by atoms with E-state index in [-0.39, 0.29) is 12.0 Å². The van der Waals surface area contributed by atoms with Crippen molar-refractivity contribution in [3.8, 4) is 0 Å². The van der Waals surface area contributed by atoms with E-state index in [1.807, 2.05) is 0 Å². The van der Waals surface area contributed by atoms with Gasteiger partial charge in [0.15, 0.2) is 0 Å². The van der Waals surface area contributed by atoms with Gasteiger partial charge in [-0.1, -0.05) is 6.42 Å². The zero-order chi connectivity index (χ0) is 8.39. The van der Waals surface area contributed by atoms with Gasteiger partial charge in [0.2, 0.25) is 0 Å². The standard InChI is InChI=1S/C9H12N2O/c12-9-3-1-2-8(9)7-4-10-6-11-5-7/h4-6,8-9,12H,1-3H2. The van der Waals surface area contributed by atoms with Gasteiger partial charge in [0.1, 0.15) is 6.33 Å². The second-order valence-corrected chi connectivity index (χ2v) is 3.28. The van der Waals surface area contributed by atoms with Crippen LogP contribution in [0.25, 0.3) is 0 Å². The van der Waals surface area contributed by atoms with Gasteiger partial charge < -0.3 is 5.11 Å². The third kappa shape index (κ3) is 1.32. The summed E-state index contributed by atoms with van der Waals surface area (Å²) in [5, 5.41) is 9.59. The zero-order valence-electron chi connectivity index (χ0n) is 6.85. The van der Waals surface area contributed by atoms with Crippen LogP contribution in [0.3, 0.4) is 0 Å². The Bertz CT molecular complexity index is 250. The molecule has 0 aliphatic heterocycles. The van der Waals surface area contributed by atoms with E-state index in [2.05, 4.69) is 9.97 Å². The summed E-state index contributed by atoms with van der Waals surface area (Å²) in [5.74, 6) is 0.270. The van der Waals surface area contributed by atoms with Gasteiger partial charge in [0.25, 0.3) is 0 Å². The molecular weight excluding hydrogens is 152 g/mol. The van der Waals surface area contributed by atoms with Crippen LogP contribution in [0, 0.1) is 0 Å². The van der Waals surface area contributed by atoms with Gasteiger partial charge in [0, 0.05) is 18.3 Å². The van der Waals surface area contributed by atoms with Crippen LogP contribution in [0.5, 0.6) is 0 Å². The van der Waals surface area contributed by atoms with Crippen molar-refractivity contribution in [3.63, 3.8) is 0 Å². The lowest BCUT2D eigenvalue weighted by molar-refractivity contribution is 0.163. The molecule has 3 heteroatoms. The fourth-order valence-corrected chi connectivity index (χ4v) is 1.83. The number of rotatable bonds is 1. The molecule has 12 heavy (non-hydrogen) atoms. The summed E-state index contributed by atoms with van der Waals surface area (Å²) in [6, 6.07) is 0. The van der Waals surface area contributed by atoms with Gasteiger partial charge >= 0.3 is 0 Å². The van der Waals surface area contributed by atoms with Crippen LogP contribution in [0.4, 0.5) is 0 Å².